The quantitative estimate of drug-likeness (QED) is 0.666. The molecule has 1 saturated carbocycles. The van der Waals surface area contributed by atoms with Crippen molar-refractivity contribution in [2.45, 2.75) is 44.1 Å². The third-order valence-corrected chi connectivity index (χ3v) is 6.32. The van der Waals surface area contributed by atoms with Crippen LogP contribution in [0.3, 0.4) is 0 Å². The lowest BCUT2D eigenvalue weighted by Crippen LogP contribution is -2.51. The van der Waals surface area contributed by atoms with Crippen LogP contribution in [0.5, 0.6) is 0 Å². The molecule has 1 aliphatic heterocycles. The van der Waals surface area contributed by atoms with Crippen LogP contribution < -0.4 is 5.32 Å². The largest absolute Gasteiger partial charge is 0.434 e. The summed E-state index contributed by atoms with van der Waals surface area (Å²) in [5.41, 5.74) is 0.0528. The summed E-state index contributed by atoms with van der Waals surface area (Å²) < 4.78 is 38.2. The van der Waals surface area contributed by atoms with Crippen LogP contribution in [0.2, 0.25) is 0 Å². The number of amides is 1. The van der Waals surface area contributed by atoms with Gasteiger partial charge in [0.25, 0.3) is 5.91 Å². The molecule has 4 atom stereocenters. The fraction of sp³-hybridized carbons (Fsp3) is 0.381. The van der Waals surface area contributed by atoms with Crippen LogP contribution in [0.15, 0.2) is 49.1 Å². The highest BCUT2D eigenvalue weighted by molar-refractivity contribution is 5.98. The minimum absolute atomic E-state index is 0.0443. The molecule has 0 unspecified atom stereocenters. The van der Waals surface area contributed by atoms with Crippen LogP contribution in [-0.4, -0.2) is 53.9 Å². The first-order valence-corrected chi connectivity index (χ1v) is 10.3. The Labute approximate surface area is 181 Å². The minimum atomic E-state index is -4.53. The maximum atomic E-state index is 13.6. The maximum Gasteiger partial charge on any atom is 0.434 e. The Balaban J connectivity index is 1.38. The number of nitrogens with one attached hydrogen (secondary N) is 1. The molecule has 1 saturated heterocycles. The van der Waals surface area contributed by atoms with Crippen LogP contribution in [0.25, 0.3) is 5.69 Å². The van der Waals surface area contributed by atoms with Gasteiger partial charge in [0.15, 0.2) is 5.69 Å². The van der Waals surface area contributed by atoms with Crippen LogP contribution in [-0.2, 0) is 6.18 Å². The molecule has 2 aliphatic rings. The number of para-hydroxylation sites is 1. The standard InChI is InChI=1S/C21H20F3N7O/c1-12-13-8-15(29-19-11-25-18(10-26-19)21(22,23)24)17(9-13)30(12)20(32)14-4-2-3-5-16(14)31-27-6-7-28-31/h2-7,10-13,15,17H,8-9H2,1H3,(H,26,29)/t12-,13-,15+,17-/m0/s1. The number of anilines is 1. The fourth-order valence-corrected chi connectivity index (χ4v) is 4.82. The molecule has 166 valence electrons. The van der Waals surface area contributed by atoms with Gasteiger partial charge in [-0.15, -0.1) is 0 Å². The van der Waals surface area contributed by atoms with Crippen molar-refractivity contribution in [2.75, 3.05) is 5.32 Å². The summed E-state index contributed by atoms with van der Waals surface area (Å²) in [5, 5.41) is 11.5. The molecule has 2 fully saturated rings. The molecule has 11 heteroatoms. The molecule has 1 N–H and O–H groups in total. The van der Waals surface area contributed by atoms with E-state index in [1.54, 1.807) is 30.6 Å². The summed E-state index contributed by atoms with van der Waals surface area (Å²) in [6, 6.07) is 6.98. The summed E-state index contributed by atoms with van der Waals surface area (Å²) in [4.78, 5) is 24.2. The number of benzene rings is 1. The number of piperidine rings is 1. The van der Waals surface area contributed by atoms with E-state index >= 15 is 0 Å². The van der Waals surface area contributed by atoms with E-state index < -0.39 is 11.9 Å². The second-order valence-corrected chi connectivity index (χ2v) is 8.12. The van der Waals surface area contributed by atoms with Crippen LogP contribution in [0.1, 0.15) is 35.8 Å². The van der Waals surface area contributed by atoms with Gasteiger partial charge in [-0.25, -0.2) is 9.97 Å². The Bertz CT molecular complexity index is 1120. The van der Waals surface area contributed by atoms with Crippen molar-refractivity contribution in [2.24, 2.45) is 5.92 Å². The van der Waals surface area contributed by atoms with Gasteiger partial charge in [0.2, 0.25) is 0 Å². The van der Waals surface area contributed by atoms with E-state index in [-0.39, 0.29) is 29.9 Å². The zero-order chi connectivity index (χ0) is 22.5. The summed E-state index contributed by atoms with van der Waals surface area (Å²) >= 11 is 0. The van der Waals surface area contributed by atoms with E-state index in [1.807, 2.05) is 17.9 Å². The summed E-state index contributed by atoms with van der Waals surface area (Å²) in [7, 11) is 0. The van der Waals surface area contributed by atoms with E-state index in [0.717, 1.165) is 19.0 Å². The van der Waals surface area contributed by atoms with Gasteiger partial charge < -0.3 is 10.2 Å². The molecule has 3 heterocycles. The van der Waals surface area contributed by atoms with Gasteiger partial charge in [0.05, 0.1) is 42.1 Å². The predicted molar refractivity (Wildman–Crippen MR) is 108 cm³/mol. The second-order valence-electron chi connectivity index (χ2n) is 8.12. The predicted octanol–water partition coefficient (Wildman–Crippen LogP) is 3.18. The van der Waals surface area contributed by atoms with Crippen LogP contribution in [0, 0.1) is 5.92 Å². The summed E-state index contributed by atoms with van der Waals surface area (Å²) in [6.45, 7) is 2.03. The Morgan fingerprint density at radius 2 is 1.84 bits per heavy atom. The number of rotatable bonds is 4. The first-order valence-electron chi connectivity index (χ1n) is 10.3. The molecular formula is C21H20F3N7O. The number of carbonyl (C=O) groups excluding carboxylic acids is 1. The maximum absolute atomic E-state index is 13.6. The lowest BCUT2D eigenvalue weighted by atomic mass is 9.97. The molecule has 0 radical (unpaired) electrons. The third kappa shape index (κ3) is 3.47. The number of hydrogen-bond donors (Lipinski definition) is 1. The molecule has 2 bridgehead atoms. The highest BCUT2D eigenvalue weighted by Gasteiger charge is 2.51. The summed E-state index contributed by atoms with van der Waals surface area (Å²) in [5.74, 6) is 0.429. The van der Waals surface area contributed by atoms with Gasteiger partial charge in [0, 0.05) is 12.1 Å². The normalized spacial score (nSPS) is 24.7. The minimum Gasteiger partial charge on any atom is -0.364 e. The highest BCUT2D eigenvalue weighted by Crippen LogP contribution is 2.44. The number of fused-ring (bicyclic) bond motifs is 2. The smallest absolute Gasteiger partial charge is 0.364 e. The molecule has 32 heavy (non-hydrogen) atoms. The molecular weight excluding hydrogens is 423 g/mol. The Hall–Kier alpha value is -3.50. The van der Waals surface area contributed by atoms with E-state index in [4.69, 9.17) is 0 Å². The number of halogens is 3. The van der Waals surface area contributed by atoms with Gasteiger partial charge in [0.1, 0.15) is 5.82 Å². The molecule has 1 aromatic carbocycles. The average Bonchev–Trinajstić information content (AvgIpc) is 3.50. The fourth-order valence-electron chi connectivity index (χ4n) is 4.82. The highest BCUT2D eigenvalue weighted by atomic mass is 19.4. The Morgan fingerprint density at radius 3 is 2.50 bits per heavy atom. The number of hydrogen-bond acceptors (Lipinski definition) is 6. The molecule has 5 rings (SSSR count). The molecule has 1 amide bonds. The molecule has 3 aromatic rings. The lowest BCUT2D eigenvalue weighted by molar-refractivity contribution is -0.141. The number of nitrogens with zero attached hydrogens (tertiary/aromatic N) is 6. The van der Waals surface area contributed by atoms with Crippen LogP contribution >= 0.6 is 0 Å². The number of likely N-dealkylation sites (tertiary alicyclic amines) is 1. The number of carbonyl (C=O) groups is 1. The Kier molecular flexibility index (Phi) is 4.83. The Morgan fingerprint density at radius 1 is 1.09 bits per heavy atom. The first kappa shape index (κ1) is 20.4. The lowest BCUT2D eigenvalue weighted by Gasteiger charge is -2.38. The van der Waals surface area contributed by atoms with E-state index in [2.05, 4.69) is 25.5 Å². The van der Waals surface area contributed by atoms with Gasteiger partial charge in [-0.3, -0.25) is 4.79 Å². The zero-order valence-electron chi connectivity index (χ0n) is 17.1. The van der Waals surface area contributed by atoms with E-state index in [1.165, 1.54) is 4.80 Å². The third-order valence-electron chi connectivity index (χ3n) is 6.32. The number of alkyl halides is 3. The average molecular weight is 443 g/mol. The topological polar surface area (TPSA) is 88.8 Å². The second kappa shape index (κ2) is 7.57. The van der Waals surface area contributed by atoms with Crippen molar-refractivity contribution in [3.8, 4) is 5.69 Å². The summed E-state index contributed by atoms with van der Waals surface area (Å²) in [6.07, 6.45) is 1.99. The monoisotopic (exact) mass is 443 g/mol. The zero-order valence-corrected chi connectivity index (χ0v) is 17.1. The first-order chi connectivity index (χ1) is 15.3. The van der Waals surface area contributed by atoms with Crippen LogP contribution in [0.4, 0.5) is 19.0 Å². The van der Waals surface area contributed by atoms with Crippen molar-refractivity contribution >= 4 is 11.7 Å². The number of aromatic nitrogens is 5. The van der Waals surface area contributed by atoms with E-state index in [9.17, 15) is 18.0 Å². The van der Waals surface area contributed by atoms with Gasteiger partial charge in [-0.2, -0.15) is 28.2 Å². The van der Waals surface area contributed by atoms with Crippen molar-refractivity contribution in [1.29, 1.82) is 0 Å². The molecule has 8 nitrogen and oxygen atoms in total. The SMILES string of the molecule is C[C@H]1[C@H]2C[C@@H](Nc3cnc(C(F)(F)F)cn3)[C@H](C2)N1C(=O)c1ccccc1-n1nccn1. The molecule has 2 aromatic heterocycles. The van der Waals surface area contributed by atoms with Crippen molar-refractivity contribution < 1.29 is 18.0 Å². The van der Waals surface area contributed by atoms with Crippen molar-refractivity contribution in [1.82, 2.24) is 29.9 Å². The van der Waals surface area contributed by atoms with E-state index in [0.29, 0.717) is 23.4 Å². The molecule has 0 spiro atoms. The van der Waals surface area contributed by atoms with Gasteiger partial charge in [-0.1, -0.05) is 12.1 Å². The van der Waals surface area contributed by atoms with Gasteiger partial charge >= 0.3 is 6.18 Å². The van der Waals surface area contributed by atoms with Gasteiger partial charge in [-0.05, 0) is 37.8 Å². The van der Waals surface area contributed by atoms with Crippen molar-refractivity contribution in [3.05, 3.63) is 60.3 Å². The van der Waals surface area contributed by atoms with Crippen molar-refractivity contribution in [3.63, 3.8) is 0 Å². The molecule has 1 aliphatic carbocycles.